The summed E-state index contributed by atoms with van der Waals surface area (Å²) in [7, 11) is 0. The highest BCUT2D eigenvalue weighted by atomic mass is 16.5. The van der Waals surface area contributed by atoms with Gasteiger partial charge in [-0.1, -0.05) is 12.2 Å². The van der Waals surface area contributed by atoms with Crippen molar-refractivity contribution in [3.63, 3.8) is 0 Å². The van der Waals surface area contributed by atoms with Crippen LogP contribution in [0, 0.1) is 0 Å². The molecule has 1 atom stereocenters. The van der Waals surface area contributed by atoms with E-state index in [0.717, 1.165) is 12.8 Å². The third-order valence-electron chi connectivity index (χ3n) is 1.42. The molecule has 0 saturated carbocycles. The van der Waals surface area contributed by atoms with Crippen LogP contribution in [0.15, 0.2) is 12.2 Å². The molecule has 0 aromatic carbocycles. The smallest absolute Gasteiger partial charge is 0.0499 e. The average molecular weight is 113 g/mol. The van der Waals surface area contributed by atoms with Crippen LogP contribution in [-0.2, 0) is 0 Å². The zero-order valence-corrected chi connectivity index (χ0v) is 4.80. The molecular formula is C6H11NO. The number of rotatable bonds is 1. The summed E-state index contributed by atoms with van der Waals surface area (Å²) in [5.41, 5.74) is 2.22. The van der Waals surface area contributed by atoms with Crippen molar-refractivity contribution < 1.29 is 5.21 Å². The fourth-order valence-corrected chi connectivity index (χ4v) is 0.920. The van der Waals surface area contributed by atoms with Gasteiger partial charge in [0.15, 0.2) is 0 Å². The molecule has 1 rings (SSSR count). The SMILES string of the molecule is ONC1C=CCCC1. The van der Waals surface area contributed by atoms with E-state index in [-0.39, 0.29) is 6.04 Å². The van der Waals surface area contributed by atoms with E-state index >= 15 is 0 Å². The van der Waals surface area contributed by atoms with Crippen LogP contribution in [0.25, 0.3) is 0 Å². The average Bonchev–Trinajstić information content (AvgIpc) is 1.90. The first kappa shape index (κ1) is 5.79. The lowest BCUT2D eigenvalue weighted by atomic mass is 10.0. The topological polar surface area (TPSA) is 32.3 Å². The van der Waals surface area contributed by atoms with Gasteiger partial charge in [0.1, 0.15) is 0 Å². The quantitative estimate of drug-likeness (QED) is 0.394. The van der Waals surface area contributed by atoms with E-state index in [4.69, 9.17) is 5.21 Å². The summed E-state index contributed by atoms with van der Waals surface area (Å²) in [5.74, 6) is 0. The number of hydrogen-bond donors (Lipinski definition) is 2. The Morgan fingerprint density at radius 1 is 1.62 bits per heavy atom. The van der Waals surface area contributed by atoms with Crippen molar-refractivity contribution >= 4 is 0 Å². The number of nitrogens with one attached hydrogen (secondary N) is 1. The van der Waals surface area contributed by atoms with Gasteiger partial charge in [0.05, 0.1) is 0 Å². The fourth-order valence-electron chi connectivity index (χ4n) is 0.920. The molecule has 0 fully saturated rings. The van der Waals surface area contributed by atoms with Gasteiger partial charge in [0.25, 0.3) is 0 Å². The highest BCUT2D eigenvalue weighted by Gasteiger charge is 2.03. The van der Waals surface area contributed by atoms with Crippen LogP contribution in [0.5, 0.6) is 0 Å². The van der Waals surface area contributed by atoms with Crippen molar-refractivity contribution in [3.8, 4) is 0 Å². The second kappa shape index (κ2) is 2.84. The Balaban J connectivity index is 2.32. The molecule has 8 heavy (non-hydrogen) atoms. The van der Waals surface area contributed by atoms with Gasteiger partial charge in [0, 0.05) is 6.04 Å². The summed E-state index contributed by atoms with van der Waals surface area (Å²) in [6, 6.07) is 0.212. The van der Waals surface area contributed by atoms with Crippen molar-refractivity contribution in [3.05, 3.63) is 12.2 Å². The molecular weight excluding hydrogens is 102 g/mol. The maximum Gasteiger partial charge on any atom is 0.0499 e. The van der Waals surface area contributed by atoms with E-state index in [1.165, 1.54) is 6.42 Å². The molecule has 46 valence electrons. The third-order valence-corrected chi connectivity index (χ3v) is 1.42. The first-order valence-electron chi connectivity index (χ1n) is 3.00. The Hall–Kier alpha value is -0.340. The highest BCUT2D eigenvalue weighted by molar-refractivity contribution is 4.95. The van der Waals surface area contributed by atoms with E-state index in [9.17, 15) is 0 Å². The van der Waals surface area contributed by atoms with Gasteiger partial charge in [-0.25, -0.2) is 0 Å². The normalized spacial score (nSPS) is 28.4. The molecule has 0 aliphatic heterocycles. The summed E-state index contributed by atoms with van der Waals surface area (Å²) in [6.45, 7) is 0. The molecule has 1 aliphatic rings. The molecule has 1 aliphatic carbocycles. The zero-order valence-electron chi connectivity index (χ0n) is 4.80. The predicted octanol–water partition coefficient (Wildman–Crippen LogP) is 1.07. The second-order valence-electron chi connectivity index (χ2n) is 2.09. The molecule has 2 heteroatoms. The van der Waals surface area contributed by atoms with Gasteiger partial charge in [-0.15, -0.1) is 0 Å². The molecule has 0 bridgehead atoms. The molecule has 0 heterocycles. The van der Waals surface area contributed by atoms with Crippen LogP contribution < -0.4 is 5.48 Å². The van der Waals surface area contributed by atoms with Crippen molar-refractivity contribution in [2.45, 2.75) is 25.3 Å². The van der Waals surface area contributed by atoms with Crippen molar-refractivity contribution in [1.82, 2.24) is 5.48 Å². The van der Waals surface area contributed by atoms with Crippen LogP contribution in [-0.4, -0.2) is 11.2 Å². The van der Waals surface area contributed by atoms with Crippen molar-refractivity contribution in [2.24, 2.45) is 0 Å². The van der Waals surface area contributed by atoms with E-state index < -0.39 is 0 Å². The number of hydroxylamine groups is 1. The Bertz CT molecular complexity index is 90.5. The molecule has 0 radical (unpaired) electrons. The first-order chi connectivity index (χ1) is 3.93. The lowest BCUT2D eigenvalue weighted by Gasteiger charge is -2.12. The van der Waals surface area contributed by atoms with Crippen molar-refractivity contribution in [2.75, 3.05) is 0 Å². The Labute approximate surface area is 49.2 Å². The van der Waals surface area contributed by atoms with Crippen LogP contribution in [0.2, 0.25) is 0 Å². The van der Waals surface area contributed by atoms with Gasteiger partial charge in [-0.05, 0) is 19.3 Å². The van der Waals surface area contributed by atoms with E-state index in [1.54, 1.807) is 0 Å². The highest BCUT2D eigenvalue weighted by Crippen LogP contribution is 2.08. The van der Waals surface area contributed by atoms with Gasteiger partial charge >= 0.3 is 0 Å². The lowest BCUT2D eigenvalue weighted by Crippen LogP contribution is -2.24. The minimum Gasteiger partial charge on any atom is -0.316 e. The van der Waals surface area contributed by atoms with Gasteiger partial charge in [-0.3, -0.25) is 0 Å². The Morgan fingerprint density at radius 3 is 2.88 bits per heavy atom. The van der Waals surface area contributed by atoms with Crippen LogP contribution >= 0.6 is 0 Å². The van der Waals surface area contributed by atoms with Gasteiger partial charge in [-0.2, -0.15) is 5.48 Å². The summed E-state index contributed by atoms with van der Waals surface area (Å²) >= 11 is 0. The van der Waals surface area contributed by atoms with Crippen LogP contribution in [0.4, 0.5) is 0 Å². The molecule has 1 unspecified atom stereocenters. The van der Waals surface area contributed by atoms with E-state index in [0.29, 0.717) is 0 Å². The Morgan fingerprint density at radius 2 is 2.50 bits per heavy atom. The monoisotopic (exact) mass is 113 g/mol. The minimum absolute atomic E-state index is 0.212. The zero-order chi connectivity index (χ0) is 5.82. The minimum atomic E-state index is 0.212. The van der Waals surface area contributed by atoms with Gasteiger partial charge < -0.3 is 5.21 Å². The molecule has 0 saturated heterocycles. The lowest BCUT2D eigenvalue weighted by molar-refractivity contribution is 0.137. The molecule has 0 amide bonds. The third kappa shape index (κ3) is 1.32. The summed E-state index contributed by atoms with van der Waals surface area (Å²) in [4.78, 5) is 0. The maximum absolute atomic E-state index is 8.39. The van der Waals surface area contributed by atoms with E-state index in [2.05, 4.69) is 11.6 Å². The summed E-state index contributed by atoms with van der Waals surface area (Å²) in [5, 5.41) is 8.39. The molecule has 0 aromatic heterocycles. The maximum atomic E-state index is 8.39. The molecule has 0 aromatic rings. The first-order valence-corrected chi connectivity index (χ1v) is 3.00. The fraction of sp³-hybridized carbons (Fsp3) is 0.667. The summed E-state index contributed by atoms with van der Waals surface area (Å²) < 4.78 is 0. The van der Waals surface area contributed by atoms with Gasteiger partial charge in [0.2, 0.25) is 0 Å². The number of allylic oxidation sites excluding steroid dienone is 1. The standard InChI is InChI=1S/C6H11NO/c8-7-6-4-2-1-3-5-6/h2,4,6-8H,1,3,5H2. The Kier molecular flexibility index (Phi) is 2.06. The van der Waals surface area contributed by atoms with Crippen LogP contribution in [0.1, 0.15) is 19.3 Å². The number of hydrogen-bond acceptors (Lipinski definition) is 2. The summed E-state index contributed by atoms with van der Waals surface area (Å²) in [6.07, 6.45) is 7.51. The van der Waals surface area contributed by atoms with Crippen LogP contribution in [0.3, 0.4) is 0 Å². The largest absolute Gasteiger partial charge is 0.316 e. The second-order valence-corrected chi connectivity index (χ2v) is 2.09. The molecule has 2 nitrogen and oxygen atoms in total. The molecule has 0 spiro atoms. The van der Waals surface area contributed by atoms with E-state index in [1.807, 2.05) is 6.08 Å². The van der Waals surface area contributed by atoms with Crippen molar-refractivity contribution in [1.29, 1.82) is 0 Å². The predicted molar refractivity (Wildman–Crippen MR) is 31.7 cm³/mol. The molecule has 2 N–H and O–H groups in total.